The molecule has 0 amide bonds. The van der Waals surface area contributed by atoms with E-state index in [0.29, 0.717) is 0 Å². The summed E-state index contributed by atoms with van der Waals surface area (Å²) in [6.45, 7) is 0. The quantitative estimate of drug-likeness (QED) is 0.100. The minimum Gasteiger partial charge on any atom is -0.147 e. The Balaban J connectivity index is 0.000000165. The summed E-state index contributed by atoms with van der Waals surface area (Å²) < 4.78 is 0. The molecule has 0 nitrogen and oxygen atoms in total. The molecule has 0 aromatic heterocycles. The van der Waals surface area contributed by atoms with E-state index in [0.717, 1.165) is 0 Å². The molecule has 0 aliphatic heterocycles. The first-order valence-corrected chi connectivity index (χ1v) is 23.9. The maximum Gasteiger partial charge on any atom is 0.102 e. The molecule has 0 aliphatic rings. The van der Waals surface area contributed by atoms with Gasteiger partial charge in [-0.3, -0.25) is 0 Å². The van der Waals surface area contributed by atoms with E-state index in [1.165, 1.54) is 47.7 Å². The summed E-state index contributed by atoms with van der Waals surface area (Å²) in [5.41, 5.74) is 0. The first-order chi connectivity index (χ1) is 28.3. The van der Waals surface area contributed by atoms with E-state index in [1.807, 2.05) is 0 Å². The molecule has 0 N–H and O–H groups in total. The van der Waals surface area contributed by atoms with Crippen molar-refractivity contribution in [3.63, 3.8) is 0 Å². The van der Waals surface area contributed by atoms with Gasteiger partial charge in [-0.1, -0.05) is 164 Å². The van der Waals surface area contributed by atoms with Crippen LogP contribution in [-0.2, 0) is 19.5 Å². The second kappa shape index (κ2) is 25.0. The average molecular weight is 929 g/mol. The molecule has 9 rings (SSSR count). The van der Waals surface area contributed by atoms with Gasteiger partial charge in [-0.15, -0.1) is 12.4 Å². The van der Waals surface area contributed by atoms with Crippen molar-refractivity contribution in [1.29, 1.82) is 0 Å². The molecule has 0 heterocycles. The summed E-state index contributed by atoms with van der Waals surface area (Å²) in [6, 6.07) is 97.5. The normalized spacial score (nSPS) is 10.2. The van der Waals surface area contributed by atoms with Gasteiger partial charge in [-0.2, -0.15) is 0 Å². The van der Waals surface area contributed by atoms with Crippen molar-refractivity contribution in [2.45, 2.75) is 0 Å². The van der Waals surface area contributed by atoms with Crippen molar-refractivity contribution in [3.05, 3.63) is 273 Å². The minimum atomic E-state index is -0.877. The summed E-state index contributed by atoms with van der Waals surface area (Å²) in [4.78, 5) is 0. The number of halogens is 1. The van der Waals surface area contributed by atoms with Crippen LogP contribution in [0.5, 0.6) is 0 Å². The average Bonchev–Trinajstić information content (AvgIpc) is 3.30. The van der Waals surface area contributed by atoms with E-state index >= 15 is 0 Å². The summed E-state index contributed by atoms with van der Waals surface area (Å²) in [6.07, 6.45) is 0. The fourth-order valence-electron chi connectivity index (χ4n) is 6.94. The molecule has 5 heteroatoms. The monoisotopic (exact) mass is 928 g/mol. The van der Waals surface area contributed by atoms with E-state index in [1.54, 1.807) is 0 Å². The van der Waals surface area contributed by atoms with Crippen molar-refractivity contribution < 1.29 is 19.5 Å². The molecular formula is C54H49ClP3Rh+3. The van der Waals surface area contributed by atoms with Crippen molar-refractivity contribution in [2.75, 3.05) is 0 Å². The van der Waals surface area contributed by atoms with Crippen LogP contribution >= 0.6 is 36.2 Å². The number of hydrogen-bond donors (Lipinski definition) is 0. The largest absolute Gasteiger partial charge is 0.147 e. The van der Waals surface area contributed by atoms with E-state index in [9.17, 15) is 0 Å². The molecule has 0 fully saturated rings. The van der Waals surface area contributed by atoms with E-state index in [4.69, 9.17) is 0 Å². The molecule has 0 unspecified atom stereocenters. The molecule has 9 aromatic rings. The van der Waals surface area contributed by atoms with Gasteiger partial charge in [-0.05, 0) is 109 Å². The Morgan fingerprint density at radius 3 is 0.322 bits per heavy atom. The Bertz CT molecular complexity index is 1870. The molecule has 0 bridgehead atoms. The maximum atomic E-state index is 2.24. The van der Waals surface area contributed by atoms with Crippen molar-refractivity contribution >= 4 is 83.9 Å². The fraction of sp³-hybridized carbons (Fsp3) is 0. The van der Waals surface area contributed by atoms with E-state index < -0.39 is 23.8 Å². The zero-order valence-corrected chi connectivity index (χ0v) is 38.2. The van der Waals surface area contributed by atoms with Crippen LogP contribution in [-0.4, -0.2) is 0 Å². The van der Waals surface area contributed by atoms with Gasteiger partial charge in [0, 0.05) is 19.5 Å². The standard InChI is InChI=1S/3C18H15P.ClH.Rh/c3*1-4-10-16(11-5-1)19(17-12-6-2-7-13-17)18-14-8-3-9-15-18;;/h3*1-15H;1H;/p+3. The Morgan fingerprint density at radius 1 is 0.153 bits per heavy atom. The molecule has 0 spiro atoms. The molecule has 1 radical (unpaired) electrons. The Kier molecular flexibility index (Phi) is 19.1. The molecular weight excluding hydrogens is 880 g/mol. The summed E-state index contributed by atoms with van der Waals surface area (Å²) in [7, 11) is -2.63. The van der Waals surface area contributed by atoms with Crippen molar-refractivity contribution in [3.8, 4) is 0 Å². The van der Waals surface area contributed by atoms with Gasteiger partial charge in [0.2, 0.25) is 0 Å². The predicted molar refractivity (Wildman–Crippen MR) is 267 cm³/mol. The number of hydrogen-bond acceptors (Lipinski definition) is 0. The van der Waals surface area contributed by atoms with Gasteiger partial charge in [-0.25, -0.2) is 0 Å². The first kappa shape index (κ1) is 45.3. The zero-order chi connectivity index (χ0) is 38.7. The summed E-state index contributed by atoms with van der Waals surface area (Å²) in [5.74, 6) is 0. The molecule has 0 saturated carbocycles. The smallest absolute Gasteiger partial charge is 0.102 e. The topological polar surface area (TPSA) is 0 Å². The van der Waals surface area contributed by atoms with Gasteiger partial charge >= 0.3 is 0 Å². The third kappa shape index (κ3) is 13.1. The molecule has 293 valence electrons. The maximum absolute atomic E-state index is 2.24. The summed E-state index contributed by atoms with van der Waals surface area (Å²) in [5, 5.41) is 12.9. The van der Waals surface area contributed by atoms with Gasteiger partial charge < -0.3 is 0 Å². The molecule has 9 aromatic carbocycles. The van der Waals surface area contributed by atoms with Gasteiger partial charge in [0.15, 0.2) is 0 Å². The first-order valence-electron chi connectivity index (χ1n) is 19.4. The fourth-order valence-corrected chi connectivity index (χ4v) is 14.7. The molecule has 0 atom stereocenters. The number of benzene rings is 9. The minimum absolute atomic E-state index is 0. The van der Waals surface area contributed by atoms with Crippen molar-refractivity contribution in [2.24, 2.45) is 0 Å². The van der Waals surface area contributed by atoms with Crippen LogP contribution in [0.25, 0.3) is 0 Å². The SMILES string of the molecule is Cl.[Rh].c1ccc([PH+](c2ccccc2)c2ccccc2)cc1.c1ccc([PH+](c2ccccc2)c2ccccc2)cc1.c1ccc([PH+](c2ccccc2)c2ccccc2)cc1. The van der Waals surface area contributed by atoms with E-state index in [-0.39, 0.29) is 31.9 Å². The second-order valence-electron chi connectivity index (χ2n) is 13.4. The summed E-state index contributed by atoms with van der Waals surface area (Å²) >= 11 is 0. The third-order valence-corrected chi connectivity index (χ3v) is 17.8. The van der Waals surface area contributed by atoms with Gasteiger partial charge in [0.05, 0.1) is 23.8 Å². The molecule has 0 aliphatic carbocycles. The van der Waals surface area contributed by atoms with Crippen LogP contribution in [0.2, 0.25) is 0 Å². The van der Waals surface area contributed by atoms with Gasteiger partial charge in [0.25, 0.3) is 0 Å². The molecule has 0 saturated heterocycles. The van der Waals surface area contributed by atoms with Crippen LogP contribution in [0.1, 0.15) is 0 Å². The Morgan fingerprint density at radius 2 is 0.237 bits per heavy atom. The van der Waals surface area contributed by atoms with Crippen molar-refractivity contribution in [1.82, 2.24) is 0 Å². The third-order valence-electron chi connectivity index (χ3n) is 9.56. The van der Waals surface area contributed by atoms with Crippen LogP contribution in [0.3, 0.4) is 0 Å². The second-order valence-corrected chi connectivity index (χ2v) is 20.9. The van der Waals surface area contributed by atoms with Crippen LogP contribution in [0.4, 0.5) is 0 Å². The zero-order valence-electron chi connectivity index (χ0n) is 32.7. The predicted octanol–water partition coefficient (Wildman–Crippen LogP) is 9.95. The van der Waals surface area contributed by atoms with Gasteiger partial charge in [0.1, 0.15) is 47.7 Å². The van der Waals surface area contributed by atoms with Crippen LogP contribution in [0, 0.1) is 0 Å². The Hall–Kier alpha value is -4.82. The van der Waals surface area contributed by atoms with Crippen LogP contribution in [0.15, 0.2) is 273 Å². The van der Waals surface area contributed by atoms with E-state index in [2.05, 4.69) is 273 Å². The molecule has 59 heavy (non-hydrogen) atoms. The number of rotatable bonds is 9. The van der Waals surface area contributed by atoms with Crippen LogP contribution < -0.4 is 47.7 Å². The Labute approximate surface area is 373 Å².